The van der Waals surface area contributed by atoms with Crippen LogP contribution in [0.15, 0.2) is 74.2 Å². The van der Waals surface area contributed by atoms with Crippen LogP contribution in [0.4, 0.5) is 0 Å². The number of rotatable bonds is 4. The first kappa shape index (κ1) is 24.0. The summed E-state index contributed by atoms with van der Waals surface area (Å²) in [6.45, 7) is 3.76. The number of hydrogen-bond acceptors (Lipinski definition) is 7. The van der Waals surface area contributed by atoms with Crippen LogP contribution >= 0.6 is 0 Å². The van der Waals surface area contributed by atoms with Gasteiger partial charge in [0.1, 0.15) is 28.6 Å². The number of ether oxygens (including phenoxy) is 1. The molecule has 2 heterocycles. The molecule has 1 atom stereocenters. The Morgan fingerprint density at radius 1 is 1.03 bits per heavy atom. The summed E-state index contributed by atoms with van der Waals surface area (Å²) >= 11 is 0. The Balaban J connectivity index is 1.89. The number of pyridine rings is 1. The van der Waals surface area contributed by atoms with Crippen molar-refractivity contribution in [3.05, 3.63) is 92.0 Å². The Morgan fingerprint density at radius 3 is 2.49 bits per heavy atom. The lowest BCUT2D eigenvalue weighted by Crippen LogP contribution is -2.11. The van der Waals surface area contributed by atoms with Gasteiger partial charge in [0.25, 0.3) is 0 Å². The Kier molecular flexibility index (Phi) is 5.67. The van der Waals surface area contributed by atoms with Crippen molar-refractivity contribution >= 4 is 32.8 Å². The van der Waals surface area contributed by atoms with E-state index in [4.69, 9.17) is 9.15 Å². The maximum atomic E-state index is 13.5. The van der Waals surface area contributed by atoms with E-state index in [2.05, 4.69) is 0 Å². The van der Waals surface area contributed by atoms with E-state index in [0.717, 1.165) is 5.57 Å². The first-order valence-electron chi connectivity index (χ1n) is 11.6. The quantitative estimate of drug-likeness (QED) is 0.180. The van der Waals surface area contributed by atoms with Crippen LogP contribution in [0.2, 0.25) is 0 Å². The highest BCUT2D eigenvalue weighted by atomic mass is 16.5. The number of aromatic nitrogens is 1. The first-order valence-corrected chi connectivity index (χ1v) is 11.6. The van der Waals surface area contributed by atoms with Crippen molar-refractivity contribution in [1.82, 2.24) is 4.57 Å². The molecule has 8 heteroatoms. The molecule has 0 amide bonds. The molecular formula is C29H25NO7. The summed E-state index contributed by atoms with van der Waals surface area (Å²) in [7, 11) is 3.12. The van der Waals surface area contributed by atoms with Crippen LogP contribution in [-0.2, 0) is 7.05 Å². The van der Waals surface area contributed by atoms with E-state index in [-0.39, 0.29) is 39.1 Å². The molecule has 0 saturated heterocycles. The van der Waals surface area contributed by atoms with Crippen LogP contribution in [0, 0.1) is 0 Å². The topological polar surface area (TPSA) is 122 Å². The minimum Gasteiger partial charge on any atom is -0.507 e. The van der Waals surface area contributed by atoms with Gasteiger partial charge in [-0.15, -0.1) is 0 Å². The lowest BCUT2D eigenvalue weighted by atomic mass is 9.86. The minimum absolute atomic E-state index is 0.0197. The third-order valence-corrected chi connectivity index (χ3v) is 6.60. The second-order valence-corrected chi connectivity index (χ2v) is 9.22. The molecule has 5 aromatic rings. The van der Waals surface area contributed by atoms with Crippen molar-refractivity contribution < 1.29 is 24.5 Å². The number of fused-ring (bicyclic) bond motifs is 3. The van der Waals surface area contributed by atoms with E-state index in [1.165, 1.54) is 25.3 Å². The average molecular weight is 500 g/mol. The predicted octanol–water partition coefficient (Wildman–Crippen LogP) is 5.02. The van der Waals surface area contributed by atoms with Crippen molar-refractivity contribution in [3.63, 3.8) is 0 Å². The van der Waals surface area contributed by atoms with Crippen LogP contribution in [0.3, 0.4) is 0 Å². The number of para-hydroxylation sites is 1. The smallest absolute Gasteiger partial charge is 0.336 e. The number of aryl methyl sites for hydroxylation is 1. The minimum atomic E-state index is -0.717. The SMILES string of the molecule is COc1cc2oc(=O)ccc2cc1[C@H](C=C(C)C)c1c(O)cc2c(c1O)c(=O)c1cccc(O)c1n2C. The fourth-order valence-corrected chi connectivity index (χ4v) is 4.97. The molecule has 3 N–H and O–H groups in total. The molecule has 188 valence electrons. The van der Waals surface area contributed by atoms with Gasteiger partial charge in [0.05, 0.1) is 28.9 Å². The monoisotopic (exact) mass is 499 g/mol. The Labute approximate surface area is 210 Å². The van der Waals surface area contributed by atoms with E-state index < -0.39 is 17.0 Å². The Hall–Kier alpha value is -4.72. The van der Waals surface area contributed by atoms with Gasteiger partial charge >= 0.3 is 5.63 Å². The molecule has 0 unspecified atom stereocenters. The lowest BCUT2D eigenvalue weighted by Gasteiger charge is -2.22. The van der Waals surface area contributed by atoms with Crippen molar-refractivity contribution in [1.29, 1.82) is 0 Å². The highest BCUT2D eigenvalue weighted by molar-refractivity contribution is 6.00. The summed E-state index contributed by atoms with van der Waals surface area (Å²) in [5, 5.41) is 34.1. The molecule has 5 rings (SSSR count). The van der Waals surface area contributed by atoms with Crippen molar-refractivity contribution in [2.45, 2.75) is 19.8 Å². The van der Waals surface area contributed by atoms with Crippen molar-refractivity contribution in [2.24, 2.45) is 7.05 Å². The van der Waals surface area contributed by atoms with Crippen LogP contribution in [-0.4, -0.2) is 27.0 Å². The van der Waals surface area contributed by atoms with E-state index in [1.54, 1.807) is 41.9 Å². The van der Waals surface area contributed by atoms with Crippen LogP contribution in [0.1, 0.15) is 30.9 Å². The zero-order valence-electron chi connectivity index (χ0n) is 20.7. The van der Waals surface area contributed by atoms with Gasteiger partial charge in [0.2, 0.25) is 5.43 Å². The van der Waals surface area contributed by atoms with Gasteiger partial charge in [-0.3, -0.25) is 4.79 Å². The van der Waals surface area contributed by atoms with E-state index >= 15 is 0 Å². The largest absolute Gasteiger partial charge is 0.507 e. The average Bonchev–Trinajstić information content (AvgIpc) is 2.85. The van der Waals surface area contributed by atoms with Crippen molar-refractivity contribution in [2.75, 3.05) is 7.11 Å². The van der Waals surface area contributed by atoms with Crippen LogP contribution in [0.25, 0.3) is 32.8 Å². The molecular weight excluding hydrogens is 474 g/mol. The molecule has 37 heavy (non-hydrogen) atoms. The van der Waals surface area contributed by atoms with E-state index in [0.29, 0.717) is 27.8 Å². The lowest BCUT2D eigenvalue weighted by molar-refractivity contribution is 0.406. The van der Waals surface area contributed by atoms with Crippen molar-refractivity contribution in [3.8, 4) is 23.0 Å². The van der Waals surface area contributed by atoms with E-state index in [9.17, 15) is 24.9 Å². The Morgan fingerprint density at radius 2 is 1.78 bits per heavy atom. The number of allylic oxidation sites excluding steroid dienone is 2. The second kappa shape index (κ2) is 8.74. The fraction of sp³-hybridized carbons (Fsp3) is 0.172. The molecule has 0 aliphatic rings. The highest BCUT2D eigenvalue weighted by Gasteiger charge is 2.27. The predicted molar refractivity (Wildman–Crippen MR) is 142 cm³/mol. The van der Waals surface area contributed by atoms with Gasteiger partial charge in [-0.25, -0.2) is 4.79 Å². The Bertz CT molecular complexity index is 1870. The van der Waals surface area contributed by atoms with Gasteiger partial charge in [-0.2, -0.15) is 0 Å². The molecule has 0 radical (unpaired) electrons. The molecule has 0 bridgehead atoms. The zero-order valence-corrected chi connectivity index (χ0v) is 20.7. The summed E-state index contributed by atoms with van der Waals surface area (Å²) in [4.78, 5) is 25.3. The maximum Gasteiger partial charge on any atom is 0.336 e. The second-order valence-electron chi connectivity index (χ2n) is 9.22. The van der Waals surface area contributed by atoms with E-state index in [1.807, 2.05) is 19.9 Å². The first-order chi connectivity index (χ1) is 17.6. The maximum absolute atomic E-state index is 13.5. The number of nitrogens with zero attached hydrogens (tertiary/aromatic N) is 1. The summed E-state index contributed by atoms with van der Waals surface area (Å²) in [6.07, 6.45) is 1.85. The number of benzene rings is 3. The summed E-state index contributed by atoms with van der Waals surface area (Å²) in [6, 6.07) is 12.3. The molecule has 3 aromatic carbocycles. The van der Waals surface area contributed by atoms with Crippen LogP contribution < -0.4 is 15.8 Å². The number of phenolic OH excluding ortho intramolecular Hbond substituents is 3. The summed E-state index contributed by atoms with van der Waals surface area (Å²) in [5.41, 5.74) is 1.53. The number of methoxy groups -OCH3 is 1. The number of aromatic hydroxyl groups is 3. The standard InChI is InChI=1S/C29H25NO7/c1-14(2)10-18(17-11-15-8-9-24(33)37-22(15)13-23(17)36-4)25-21(32)12-19-26(29(25)35)28(34)16-6-5-7-20(31)27(16)30(19)3/h5-13,18,31-32,35H,1-4H3/t18-/m0/s1. The highest BCUT2D eigenvalue weighted by Crippen LogP contribution is 2.46. The molecule has 0 fully saturated rings. The third-order valence-electron chi connectivity index (χ3n) is 6.60. The molecule has 0 saturated carbocycles. The molecule has 0 aliphatic heterocycles. The normalized spacial score (nSPS) is 12.2. The van der Waals surface area contributed by atoms with Gasteiger partial charge in [0.15, 0.2) is 0 Å². The fourth-order valence-electron chi connectivity index (χ4n) is 4.97. The molecule has 2 aromatic heterocycles. The van der Waals surface area contributed by atoms with Gasteiger partial charge in [-0.05, 0) is 38.1 Å². The van der Waals surface area contributed by atoms with Gasteiger partial charge in [-0.1, -0.05) is 17.7 Å². The number of phenols is 3. The van der Waals surface area contributed by atoms with Gasteiger partial charge < -0.3 is 29.0 Å². The molecule has 0 spiro atoms. The van der Waals surface area contributed by atoms with Crippen LogP contribution in [0.5, 0.6) is 23.0 Å². The molecule has 0 aliphatic carbocycles. The zero-order chi connectivity index (χ0) is 26.6. The number of hydrogen-bond donors (Lipinski definition) is 3. The summed E-state index contributed by atoms with van der Waals surface area (Å²) < 4.78 is 12.5. The summed E-state index contributed by atoms with van der Waals surface area (Å²) in [5.74, 6) is -1.04. The van der Waals surface area contributed by atoms with Gasteiger partial charge in [0, 0.05) is 47.7 Å². The third kappa shape index (κ3) is 3.78. The molecule has 8 nitrogen and oxygen atoms in total.